The van der Waals surface area contributed by atoms with Crippen LogP contribution in [0.2, 0.25) is 5.02 Å². The summed E-state index contributed by atoms with van der Waals surface area (Å²) in [6, 6.07) is 4.25. The van der Waals surface area contributed by atoms with Crippen LogP contribution in [-0.4, -0.2) is 12.5 Å². The number of primary amides is 1. The van der Waals surface area contributed by atoms with E-state index in [2.05, 4.69) is 5.32 Å². The monoisotopic (exact) mass is 258 g/mol. The maximum Gasteiger partial charge on any atom is 0.231 e. The second kappa shape index (κ2) is 5.98. The molecule has 0 spiro atoms. The van der Waals surface area contributed by atoms with Crippen LogP contribution in [0.4, 0.5) is 4.39 Å². The molecule has 5 heteroatoms. The molecule has 0 aliphatic rings. The Bertz CT molecular complexity index is 409. The molecule has 1 atom stereocenters. The van der Waals surface area contributed by atoms with Crippen LogP contribution in [-0.2, 0) is 4.79 Å². The van der Waals surface area contributed by atoms with Gasteiger partial charge in [0, 0.05) is 16.6 Å². The zero-order valence-electron chi connectivity index (χ0n) is 9.84. The lowest BCUT2D eigenvalue weighted by atomic mass is 9.95. The van der Waals surface area contributed by atoms with Crippen molar-refractivity contribution in [3.63, 3.8) is 0 Å². The first kappa shape index (κ1) is 13.9. The summed E-state index contributed by atoms with van der Waals surface area (Å²) >= 11 is 5.69. The third-order valence-electron chi connectivity index (χ3n) is 2.46. The van der Waals surface area contributed by atoms with Crippen LogP contribution in [0.1, 0.15) is 25.5 Å². The van der Waals surface area contributed by atoms with Gasteiger partial charge in [-0.15, -0.1) is 0 Å². The summed E-state index contributed by atoms with van der Waals surface area (Å²) in [5, 5.41) is 3.29. The Morgan fingerprint density at radius 2 is 2.18 bits per heavy atom. The Kier molecular flexibility index (Phi) is 4.90. The molecule has 0 saturated heterocycles. The maximum atomic E-state index is 13.7. The van der Waals surface area contributed by atoms with Gasteiger partial charge in [0.1, 0.15) is 5.82 Å². The van der Waals surface area contributed by atoms with Gasteiger partial charge in [-0.05, 0) is 18.1 Å². The first-order valence-corrected chi connectivity index (χ1v) is 5.76. The minimum Gasteiger partial charge on any atom is -0.369 e. The van der Waals surface area contributed by atoms with E-state index in [1.165, 1.54) is 6.07 Å². The molecule has 0 radical (unpaired) electrons. The van der Waals surface area contributed by atoms with Crippen LogP contribution in [0.5, 0.6) is 0 Å². The van der Waals surface area contributed by atoms with E-state index in [1.807, 2.05) is 13.8 Å². The fourth-order valence-electron chi connectivity index (χ4n) is 1.67. The van der Waals surface area contributed by atoms with Gasteiger partial charge in [-0.25, -0.2) is 4.39 Å². The number of nitrogens with two attached hydrogens (primary N) is 1. The topological polar surface area (TPSA) is 55.1 Å². The van der Waals surface area contributed by atoms with Gasteiger partial charge in [0.2, 0.25) is 5.91 Å². The van der Waals surface area contributed by atoms with E-state index >= 15 is 0 Å². The molecule has 0 saturated carbocycles. The molecule has 17 heavy (non-hydrogen) atoms. The van der Waals surface area contributed by atoms with Crippen molar-refractivity contribution >= 4 is 17.5 Å². The van der Waals surface area contributed by atoms with Gasteiger partial charge in [-0.3, -0.25) is 4.79 Å². The van der Waals surface area contributed by atoms with Crippen LogP contribution >= 0.6 is 11.6 Å². The van der Waals surface area contributed by atoms with Crippen molar-refractivity contribution in [1.29, 1.82) is 0 Å². The van der Waals surface area contributed by atoms with Crippen molar-refractivity contribution in [3.05, 3.63) is 34.6 Å². The summed E-state index contributed by atoms with van der Waals surface area (Å²) in [6.45, 7) is 3.89. The van der Waals surface area contributed by atoms with Crippen molar-refractivity contribution in [3.8, 4) is 0 Å². The second-order valence-corrected chi connectivity index (χ2v) is 4.67. The SMILES string of the molecule is CC(C)[C@H](NCC(N)=O)c1ccc(Cl)cc1F. The quantitative estimate of drug-likeness (QED) is 0.851. The summed E-state index contributed by atoms with van der Waals surface area (Å²) in [7, 11) is 0. The molecule has 0 aliphatic carbocycles. The third-order valence-corrected chi connectivity index (χ3v) is 2.70. The van der Waals surface area contributed by atoms with Crippen LogP contribution in [0.25, 0.3) is 0 Å². The number of nitrogens with one attached hydrogen (secondary N) is 1. The Morgan fingerprint density at radius 3 is 2.65 bits per heavy atom. The molecule has 0 fully saturated rings. The number of halogens is 2. The molecule has 94 valence electrons. The summed E-state index contributed by atoms with van der Waals surface area (Å²) in [5.41, 5.74) is 5.56. The van der Waals surface area contributed by atoms with Crippen LogP contribution < -0.4 is 11.1 Å². The molecule has 0 aromatic heterocycles. The number of rotatable bonds is 5. The van der Waals surface area contributed by atoms with Gasteiger partial charge in [0.25, 0.3) is 0 Å². The van der Waals surface area contributed by atoms with Gasteiger partial charge in [-0.1, -0.05) is 31.5 Å². The first-order valence-electron chi connectivity index (χ1n) is 5.38. The van der Waals surface area contributed by atoms with Gasteiger partial charge in [-0.2, -0.15) is 0 Å². The second-order valence-electron chi connectivity index (χ2n) is 4.23. The maximum absolute atomic E-state index is 13.7. The average molecular weight is 259 g/mol. The average Bonchev–Trinajstić information content (AvgIpc) is 2.20. The third kappa shape index (κ3) is 3.98. The molecule has 3 N–H and O–H groups in total. The standard InChI is InChI=1S/C12H16ClFN2O/c1-7(2)12(16-6-11(15)17)9-4-3-8(13)5-10(9)14/h3-5,7,12,16H,6H2,1-2H3,(H2,15,17)/t12-/m0/s1. The van der Waals surface area contributed by atoms with E-state index in [0.29, 0.717) is 10.6 Å². The molecule has 0 bridgehead atoms. The lowest BCUT2D eigenvalue weighted by Gasteiger charge is -2.22. The Hall–Kier alpha value is -1.13. The highest BCUT2D eigenvalue weighted by Gasteiger charge is 2.19. The Labute approximate surface area is 105 Å². The Morgan fingerprint density at radius 1 is 1.53 bits per heavy atom. The molecule has 1 amide bonds. The molecule has 1 rings (SSSR count). The fourth-order valence-corrected chi connectivity index (χ4v) is 1.83. The molecule has 1 aromatic rings. The molecule has 0 heterocycles. The first-order chi connectivity index (χ1) is 7.91. The molecule has 0 unspecified atom stereocenters. The van der Waals surface area contributed by atoms with Crippen molar-refractivity contribution < 1.29 is 9.18 Å². The lowest BCUT2D eigenvalue weighted by molar-refractivity contribution is -0.117. The molecule has 3 nitrogen and oxygen atoms in total. The number of benzene rings is 1. The van der Waals surface area contributed by atoms with Crippen molar-refractivity contribution in [2.24, 2.45) is 11.7 Å². The van der Waals surface area contributed by atoms with Crippen LogP contribution in [0.3, 0.4) is 0 Å². The van der Waals surface area contributed by atoms with Crippen LogP contribution in [0.15, 0.2) is 18.2 Å². The summed E-state index contributed by atoms with van der Waals surface area (Å²) in [6.07, 6.45) is 0. The van der Waals surface area contributed by atoms with Gasteiger partial charge in [0.05, 0.1) is 6.54 Å². The highest BCUT2D eigenvalue weighted by Crippen LogP contribution is 2.26. The van der Waals surface area contributed by atoms with Crippen molar-refractivity contribution in [2.75, 3.05) is 6.54 Å². The summed E-state index contributed by atoms with van der Waals surface area (Å²) < 4.78 is 13.7. The van der Waals surface area contributed by atoms with Crippen LogP contribution in [0, 0.1) is 11.7 Å². The fraction of sp³-hybridized carbons (Fsp3) is 0.417. The molecular weight excluding hydrogens is 243 g/mol. The number of carbonyl (C=O) groups excluding carboxylic acids is 1. The van der Waals surface area contributed by atoms with E-state index in [-0.39, 0.29) is 24.3 Å². The van der Waals surface area contributed by atoms with E-state index < -0.39 is 5.91 Å². The number of amides is 1. The van der Waals surface area contributed by atoms with Crippen molar-refractivity contribution in [1.82, 2.24) is 5.32 Å². The number of carbonyl (C=O) groups is 1. The zero-order chi connectivity index (χ0) is 13.0. The smallest absolute Gasteiger partial charge is 0.231 e. The van der Waals surface area contributed by atoms with Gasteiger partial charge < -0.3 is 11.1 Å². The van der Waals surface area contributed by atoms with E-state index in [1.54, 1.807) is 12.1 Å². The molecular formula is C12H16ClFN2O. The number of hydrogen-bond acceptors (Lipinski definition) is 2. The zero-order valence-corrected chi connectivity index (χ0v) is 10.6. The summed E-state index contributed by atoms with van der Waals surface area (Å²) in [4.78, 5) is 10.7. The van der Waals surface area contributed by atoms with Gasteiger partial charge in [0.15, 0.2) is 0 Å². The highest BCUT2D eigenvalue weighted by molar-refractivity contribution is 6.30. The van der Waals surface area contributed by atoms with E-state index in [0.717, 1.165) is 0 Å². The molecule has 1 aromatic carbocycles. The van der Waals surface area contributed by atoms with Crippen molar-refractivity contribution in [2.45, 2.75) is 19.9 Å². The minimum absolute atomic E-state index is 0.0188. The molecule has 0 aliphatic heterocycles. The Balaban J connectivity index is 2.93. The normalized spacial score (nSPS) is 12.8. The van der Waals surface area contributed by atoms with Gasteiger partial charge >= 0.3 is 0 Å². The van der Waals surface area contributed by atoms with E-state index in [9.17, 15) is 9.18 Å². The predicted molar refractivity (Wildman–Crippen MR) is 66.2 cm³/mol. The number of hydrogen-bond donors (Lipinski definition) is 2. The highest BCUT2D eigenvalue weighted by atomic mass is 35.5. The lowest BCUT2D eigenvalue weighted by Crippen LogP contribution is -2.34. The minimum atomic E-state index is -0.468. The predicted octanol–water partition coefficient (Wildman–Crippen LogP) is 2.25. The summed E-state index contributed by atoms with van der Waals surface area (Å²) in [5.74, 6) is -0.719. The largest absolute Gasteiger partial charge is 0.369 e. The van der Waals surface area contributed by atoms with E-state index in [4.69, 9.17) is 17.3 Å².